The molecule has 0 spiro atoms. The van der Waals surface area contributed by atoms with E-state index in [1.807, 2.05) is 50.2 Å². The van der Waals surface area contributed by atoms with Gasteiger partial charge in [-0.3, -0.25) is 14.5 Å². The van der Waals surface area contributed by atoms with Gasteiger partial charge in [-0.2, -0.15) is 0 Å². The monoisotopic (exact) mass is 445 g/mol. The fraction of sp³-hybridized carbons (Fsp3) is 0.280. The molecule has 1 aliphatic rings. The van der Waals surface area contributed by atoms with Gasteiger partial charge in [0, 0.05) is 0 Å². The van der Waals surface area contributed by atoms with Crippen molar-refractivity contribution in [2.45, 2.75) is 46.1 Å². The molecule has 0 radical (unpaired) electrons. The minimum atomic E-state index is -0.625. The van der Waals surface area contributed by atoms with Crippen LogP contribution in [0.1, 0.15) is 64.6 Å². The largest absolute Gasteiger partial charge is 0.450 e. The lowest BCUT2D eigenvalue weighted by atomic mass is 9.86. The van der Waals surface area contributed by atoms with Crippen LogP contribution in [0.2, 0.25) is 0 Å². The van der Waals surface area contributed by atoms with Gasteiger partial charge in [-0.1, -0.05) is 68.0 Å². The van der Waals surface area contributed by atoms with Gasteiger partial charge in [-0.15, -0.1) is 10.2 Å². The summed E-state index contributed by atoms with van der Waals surface area (Å²) in [5, 5.41) is 9.96. The third kappa shape index (κ3) is 3.15. The molecular weight excluding hydrogens is 422 g/mol. The summed E-state index contributed by atoms with van der Waals surface area (Å²) in [6.07, 6.45) is 0. The minimum absolute atomic E-state index is 0.00921. The van der Waals surface area contributed by atoms with E-state index in [0.29, 0.717) is 21.7 Å². The number of amides is 1. The number of hydrogen-bond donors (Lipinski definition) is 0. The molecule has 0 aliphatic carbocycles. The standard InChI is InChI=1S/C25H23N3O3S/c1-13-6-11-18-17(12-13)21(29)19-20(15-7-9-16(10-8-15)25(3,4)5)28(23(30)22(19)31-18)24-27-26-14(2)32-24/h6-12,20H,1-5H3. The Morgan fingerprint density at radius 3 is 2.34 bits per heavy atom. The maximum Gasteiger partial charge on any atom is 0.297 e. The van der Waals surface area contributed by atoms with Crippen LogP contribution < -0.4 is 10.3 Å². The Morgan fingerprint density at radius 1 is 1.00 bits per heavy atom. The zero-order valence-corrected chi connectivity index (χ0v) is 19.4. The summed E-state index contributed by atoms with van der Waals surface area (Å²) in [6.45, 7) is 10.2. The second kappa shape index (κ2) is 7.10. The van der Waals surface area contributed by atoms with Crippen molar-refractivity contribution in [1.82, 2.24) is 10.2 Å². The normalized spacial score (nSPS) is 16.1. The predicted octanol–water partition coefficient (Wildman–Crippen LogP) is 5.31. The molecule has 0 bridgehead atoms. The van der Waals surface area contributed by atoms with Crippen LogP contribution in [0.5, 0.6) is 0 Å². The Balaban J connectivity index is 1.77. The highest BCUT2D eigenvalue weighted by atomic mass is 32.1. The molecule has 1 aliphatic heterocycles. The van der Waals surface area contributed by atoms with Gasteiger partial charge in [0.1, 0.15) is 10.6 Å². The lowest BCUT2D eigenvalue weighted by Crippen LogP contribution is -2.29. The van der Waals surface area contributed by atoms with Gasteiger partial charge >= 0.3 is 0 Å². The summed E-state index contributed by atoms with van der Waals surface area (Å²) < 4.78 is 6.01. The maximum absolute atomic E-state index is 13.6. The zero-order chi connectivity index (χ0) is 22.8. The van der Waals surface area contributed by atoms with Gasteiger partial charge in [-0.25, -0.2) is 0 Å². The molecule has 0 saturated carbocycles. The number of anilines is 1. The van der Waals surface area contributed by atoms with Crippen molar-refractivity contribution in [3.05, 3.63) is 85.7 Å². The van der Waals surface area contributed by atoms with Gasteiger partial charge in [0.25, 0.3) is 5.91 Å². The topological polar surface area (TPSA) is 76.3 Å². The maximum atomic E-state index is 13.6. The van der Waals surface area contributed by atoms with Crippen LogP contribution in [0, 0.1) is 13.8 Å². The van der Waals surface area contributed by atoms with E-state index in [4.69, 9.17) is 4.42 Å². The molecule has 4 aromatic rings. The SMILES string of the molecule is Cc1ccc2oc3c(c(=O)c2c1)C(c1ccc(C(C)(C)C)cc1)N(c1nnc(C)s1)C3=O. The van der Waals surface area contributed by atoms with Crippen LogP contribution in [0.15, 0.2) is 51.7 Å². The first-order valence-corrected chi connectivity index (χ1v) is 11.3. The second-order valence-electron chi connectivity index (χ2n) is 9.23. The van der Waals surface area contributed by atoms with Gasteiger partial charge in [0.15, 0.2) is 5.43 Å². The molecule has 1 unspecified atom stereocenters. The molecule has 0 fully saturated rings. The number of rotatable bonds is 2. The summed E-state index contributed by atoms with van der Waals surface area (Å²) in [5.74, 6) is -0.301. The average molecular weight is 446 g/mol. The third-order valence-corrected chi connectivity index (χ3v) is 6.68. The van der Waals surface area contributed by atoms with Crippen LogP contribution in [0.3, 0.4) is 0 Å². The molecule has 162 valence electrons. The molecule has 5 rings (SSSR count). The molecule has 1 atom stereocenters. The number of aromatic nitrogens is 2. The molecule has 7 heteroatoms. The Hall–Kier alpha value is -3.32. The van der Waals surface area contributed by atoms with E-state index < -0.39 is 6.04 Å². The van der Waals surface area contributed by atoms with Crippen LogP contribution in [-0.4, -0.2) is 16.1 Å². The summed E-state index contributed by atoms with van der Waals surface area (Å²) >= 11 is 1.32. The smallest absolute Gasteiger partial charge is 0.297 e. The Labute approximate surface area is 189 Å². The van der Waals surface area contributed by atoms with E-state index in [2.05, 4.69) is 31.0 Å². The molecule has 6 nitrogen and oxygen atoms in total. The first-order chi connectivity index (χ1) is 15.1. The number of benzene rings is 2. The Kier molecular flexibility index (Phi) is 4.57. The molecule has 1 amide bonds. The molecule has 0 N–H and O–H groups in total. The molecular formula is C25H23N3O3S. The van der Waals surface area contributed by atoms with E-state index in [1.54, 1.807) is 6.07 Å². The first-order valence-electron chi connectivity index (χ1n) is 10.5. The van der Waals surface area contributed by atoms with E-state index in [0.717, 1.165) is 16.1 Å². The van der Waals surface area contributed by atoms with Gasteiger partial charge in [-0.05, 0) is 42.5 Å². The molecule has 3 heterocycles. The van der Waals surface area contributed by atoms with Crippen LogP contribution in [0.4, 0.5) is 5.13 Å². The molecule has 2 aromatic heterocycles. The number of aryl methyl sites for hydroxylation is 2. The van der Waals surface area contributed by atoms with E-state index in [-0.39, 0.29) is 22.5 Å². The third-order valence-electron chi connectivity index (χ3n) is 5.84. The molecule has 2 aromatic carbocycles. The highest BCUT2D eigenvalue weighted by Crippen LogP contribution is 2.42. The highest BCUT2D eigenvalue weighted by Gasteiger charge is 2.45. The number of nitrogens with zero attached hydrogens (tertiary/aromatic N) is 3. The fourth-order valence-electron chi connectivity index (χ4n) is 4.15. The van der Waals surface area contributed by atoms with Gasteiger partial charge in [0.2, 0.25) is 10.9 Å². The van der Waals surface area contributed by atoms with Crippen molar-refractivity contribution in [1.29, 1.82) is 0 Å². The van der Waals surface area contributed by atoms with Crippen molar-refractivity contribution in [2.75, 3.05) is 4.90 Å². The number of carbonyl (C=O) groups excluding carboxylic acids is 1. The average Bonchev–Trinajstić information content (AvgIpc) is 3.29. The van der Waals surface area contributed by atoms with Crippen molar-refractivity contribution >= 4 is 33.3 Å². The minimum Gasteiger partial charge on any atom is -0.450 e. The fourth-order valence-corrected chi connectivity index (χ4v) is 4.86. The Bertz CT molecular complexity index is 1430. The number of fused-ring (bicyclic) bond motifs is 2. The first kappa shape index (κ1) is 20.6. The van der Waals surface area contributed by atoms with Crippen LogP contribution >= 0.6 is 11.3 Å². The van der Waals surface area contributed by atoms with Crippen molar-refractivity contribution in [3.63, 3.8) is 0 Å². The summed E-state index contributed by atoms with van der Waals surface area (Å²) in [7, 11) is 0. The van der Waals surface area contributed by atoms with E-state index in [1.165, 1.54) is 21.8 Å². The molecule has 32 heavy (non-hydrogen) atoms. The Morgan fingerprint density at radius 2 is 1.72 bits per heavy atom. The predicted molar refractivity (Wildman–Crippen MR) is 126 cm³/mol. The van der Waals surface area contributed by atoms with E-state index >= 15 is 0 Å². The summed E-state index contributed by atoms with van der Waals surface area (Å²) in [6, 6.07) is 12.9. The highest BCUT2D eigenvalue weighted by molar-refractivity contribution is 7.15. The number of carbonyl (C=O) groups is 1. The lowest BCUT2D eigenvalue weighted by Gasteiger charge is -2.24. The van der Waals surface area contributed by atoms with Crippen molar-refractivity contribution in [2.24, 2.45) is 0 Å². The van der Waals surface area contributed by atoms with Gasteiger partial charge in [0.05, 0.1) is 17.0 Å². The van der Waals surface area contributed by atoms with Crippen molar-refractivity contribution in [3.8, 4) is 0 Å². The molecule has 0 saturated heterocycles. The zero-order valence-electron chi connectivity index (χ0n) is 18.6. The number of hydrogen-bond acceptors (Lipinski definition) is 6. The quantitative estimate of drug-likeness (QED) is 0.418. The summed E-state index contributed by atoms with van der Waals surface area (Å²) in [5.41, 5.74) is 3.52. The second-order valence-corrected chi connectivity index (χ2v) is 10.4. The van der Waals surface area contributed by atoms with Crippen LogP contribution in [0.25, 0.3) is 11.0 Å². The van der Waals surface area contributed by atoms with Gasteiger partial charge < -0.3 is 4.42 Å². The van der Waals surface area contributed by atoms with E-state index in [9.17, 15) is 9.59 Å². The van der Waals surface area contributed by atoms with Crippen LogP contribution in [-0.2, 0) is 5.41 Å². The lowest BCUT2D eigenvalue weighted by molar-refractivity contribution is 0.0970. The van der Waals surface area contributed by atoms with Crippen molar-refractivity contribution < 1.29 is 9.21 Å². The summed E-state index contributed by atoms with van der Waals surface area (Å²) in [4.78, 5) is 28.7.